The van der Waals surface area contributed by atoms with Crippen LogP contribution in [0.15, 0.2) is 50.5 Å². The number of nitrogens with zero attached hydrogens (tertiary/aromatic N) is 5. The lowest BCUT2D eigenvalue weighted by Gasteiger charge is -2.12. The van der Waals surface area contributed by atoms with Gasteiger partial charge in [0, 0.05) is 31.6 Å². The Labute approximate surface area is 230 Å². The van der Waals surface area contributed by atoms with Crippen LogP contribution in [0.25, 0.3) is 10.2 Å². The molecular formula is C25H22N6O7S2. The van der Waals surface area contributed by atoms with Gasteiger partial charge in [-0.1, -0.05) is 18.2 Å². The fraction of sp³-hybridized carbons (Fsp3) is 0.320. The Morgan fingerprint density at radius 3 is 2.62 bits per heavy atom. The van der Waals surface area contributed by atoms with Crippen LogP contribution >= 0.6 is 11.3 Å². The van der Waals surface area contributed by atoms with E-state index in [9.17, 15) is 22.8 Å². The van der Waals surface area contributed by atoms with Gasteiger partial charge in [-0.3, -0.25) is 18.6 Å². The van der Waals surface area contributed by atoms with E-state index < -0.39 is 33.0 Å². The zero-order chi connectivity index (χ0) is 28.2. The van der Waals surface area contributed by atoms with Crippen LogP contribution in [0.5, 0.6) is 0 Å². The highest BCUT2D eigenvalue weighted by atomic mass is 32.2. The van der Waals surface area contributed by atoms with Crippen LogP contribution in [0, 0.1) is 11.3 Å². The number of aromatic nitrogens is 4. The Morgan fingerprint density at radius 2 is 1.93 bits per heavy atom. The standard InChI is InChI=1S/C25H22N6O7S2/c1-29-9-16(8-27-29)11-30-21(32)19-7-20(40(35,36)28-23(33)38-25(14-26)4-5-25)39-22(19)31(24(30)34)10-15-2-3-17-12-37-13-18(17)6-15/h2-3,6-9H,4-5,10-13H2,1H3,(H,28,33). The molecule has 0 unspecified atom stereocenters. The van der Waals surface area contributed by atoms with E-state index in [1.165, 1.54) is 10.8 Å². The van der Waals surface area contributed by atoms with Gasteiger partial charge < -0.3 is 9.47 Å². The molecule has 1 saturated carbocycles. The fourth-order valence-electron chi connectivity index (χ4n) is 4.54. The molecule has 2 aliphatic rings. The van der Waals surface area contributed by atoms with E-state index in [-0.39, 0.29) is 27.5 Å². The zero-order valence-electron chi connectivity index (χ0n) is 21.1. The van der Waals surface area contributed by atoms with Gasteiger partial charge in [0.1, 0.15) is 15.1 Å². The Hall–Kier alpha value is -4.26. The lowest BCUT2D eigenvalue weighted by molar-refractivity contribution is 0.117. The number of benzene rings is 1. The maximum Gasteiger partial charge on any atom is 0.422 e. The summed E-state index contributed by atoms with van der Waals surface area (Å²) in [6, 6.07) is 8.68. The Balaban J connectivity index is 1.43. The number of thiophene rings is 1. The Morgan fingerprint density at radius 1 is 1.18 bits per heavy atom. The molecule has 0 saturated heterocycles. The van der Waals surface area contributed by atoms with Crippen LogP contribution in [0.1, 0.15) is 35.1 Å². The zero-order valence-corrected chi connectivity index (χ0v) is 22.8. The number of amides is 1. The molecule has 4 aromatic rings. The fourth-order valence-corrected chi connectivity index (χ4v) is 6.85. The molecule has 0 spiro atoms. The van der Waals surface area contributed by atoms with Crippen molar-refractivity contribution in [3.05, 3.63) is 79.8 Å². The van der Waals surface area contributed by atoms with E-state index in [4.69, 9.17) is 14.7 Å². The van der Waals surface area contributed by atoms with Gasteiger partial charge in [0.25, 0.3) is 15.6 Å². The van der Waals surface area contributed by atoms with Crippen LogP contribution in [-0.4, -0.2) is 39.0 Å². The molecule has 40 heavy (non-hydrogen) atoms. The topological polar surface area (TPSA) is 167 Å². The largest absolute Gasteiger partial charge is 0.427 e. The molecule has 15 heteroatoms. The minimum atomic E-state index is -4.48. The molecule has 1 aliphatic heterocycles. The number of aryl methyl sites for hydroxylation is 1. The number of nitriles is 1. The summed E-state index contributed by atoms with van der Waals surface area (Å²) < 4.78 is 42.0. The van der Waals surface area contributed by atoms with E-state index in [1.54, 1.807) is 22.6 Å². The first-order valence-electron chi connectivity index (χ1n) is 12.2. The predicted octanol–water partition coefficient (Wildman–Crippen LogP) is 1.56. The molecule has 1 aliphatic carbocycles. The molecule has 4 heterocycles. The van der Waals surface area contributed by atoms with E-state index in [2.05, 4.69) is 5.10 Å². The van der Waals surface area contributed by atoms with E-state index in [1.807, 2.05) is 24.3 Å². The molecule has 1 amide bonds. The van der Waals surface area contributed by atoms with Crippen molar-refractivity contribution in [3.63, 3.8) is 0 Å². The van der Waals surface area contributed by atoms with Crippen molar-refractivity contribution in [2.75, 3.05) is 0 Å². The van der Waals surface area contributed by atoms with Crippen molar-refractivity contribution in [2.24, 2.45) is 7.05 Å². The van der Waals surface area contributed by atoms with Crippen LogP contribution in [0.2, 0.25) is 0 Å². The number of sulfonamides is 1. The second-order valence-electron chi connectivity index (χ2n) is 9.76. The minimum absolute atomic E-state index is 0.00224. The number of hydrogen-bond acceptors (Lipinski definition) is 10. The third-order valence-electron chi connectivity index (χ3n) is 6.78. The van der Waals surface area contributed by atoms with Crippen molar-refractivity contribution in [3.8, 4) is 6.07 Å². The van der Waals surface area contributed by atoms with Gasteiger partial charge in [0.2, 0.25) is 0 Å². The maximum atomic E-state index is 13.7. The van der Waals surface area contributed by atoms with E-state index >= 15 is 0 Å². The quantitative estimate of drug-likeness (QED) is 0.340. The lowest BCUT2D eigenvalue weighted by Crippen LogP contribution is -2.40. The predicted molar refractivity (Wildman–Crippen MR) is 141 cm³/mol. The van der Waals surface area contributed by atoms with E-state index in [0.717, 1.165) is 27.3 Å². The Bertz CT molecular complexity index is 1960. The highest BCUT2D eigenvalue weighted by Gasteiger charge is 2.48. The van der Waals surface area contributed by atoms with Crippen LogP contribution in [0.4, 0.5) is 4.79 Å². The third-order valence-corrected chi connectivity index (χ3v) is 9.72. The molecule has 206 valence electrons. The first-order valence-corrected chi connectivity index (χ1v) is 14.5. The highest BCUT2D eigenvalue weighted by molar-refractivity contribution is 7.92. The monoisotopic (exact) mass is 582 g/mol. The third kappa shape index (κ3) is 4.70. The minimum Gasteiger partial charge on any atom is -0.427 e. The van der Waals surface area contributed by atoms with Crippen molar-refractivity contribution in [2.45, 2.75) is 49.0 Å². The van der Waals surface area contributed by atoms with Crippen molar-refractivity contribution < 1.29 is 22.7 Å². The second-order valence-corrected chi connectivity index (χ2v) is 12.7. The first-order chi connectivity index (χ1) is 19.1. The van der Waals surface area contributed by atoms with Gasteiger partial charge in [-0.25, -0.2) is 22.7 Å². The van der Waals surface area contributed by atoms with Crippen molar-refractivity contribution >= 4 is 37.7 Å². The number of ether oxygens (including phenoxy) is 2. The summed E-state index contributed by atoms with van der Waals surface area (Å²) in [5.74, 6) is 0. The average molecular weight is 583 g/mol. The summed E-state index contributed by atoms with van der Waals surface area (Å²) in [6.45, 7) is 0.950. The molecule has 0 bridgehead atoms. The molecule has 1 aromatic carbocycles. The smallest absolute Gasteiger partial charge is 0.422 e. The molecule has 13 nitrogen and oxygen atoms in total. The number of carbonyl (C=O) groups is 1. The van der Waals surface area contributed by atoms with Gasteiger partial charge in [-0.05, 0) is 22.8 Å². The van der Waals surface area contributed by atoms with Gasteiger partial charge >= 0.3 is 11.8 Å². The summed E-state index contributed by atoms with van der Waals surface area (Å²) >= 11 is 0.690. The second kappa shape index (κ2) is 9.44. The summed E-state index contributed by atoms with van der Waals surface area (Å²) in [4.78, 5) is 39.6. The van der Waals surface area contributed by atoms with Crippen LogP contribution < -0.4 is 16.0 Å². The first kappa shape index (κ1) is 26.0. The van der Waals surface area contributed by atoms with E-state index in [0.29, 0.717) is 43.0 Å². The molecule has 3 aromatic heterocycles. The molecule has 1 N–H and O–H groups in total. The number of nitrogens with one attached hydrogen (secondary N) is 1. The van der Waals surface area contributed by atoms with Crippen LogP contribution in [0.3, 0.4) is 0 Å². The molecule has 0 radical (unpaired) electrons. The number of fused-ring (bicyclic) bond motifs is 2. The SMILES string of the molecule is Cn1cc(Cn2c(=O)c3cc(S(=O)(=O)NC(=O)OC4(C#N)CC4)sc3n(Cc3ccc4c(c3)COC4)c2=O)cn1. The van der Waals surface area contributed by atoms with Gasteiger partial charge in [0.15, 0.2) is 5.60 Å². The molecule has 6 rings (SSSR count). The van der Waals surface area contributed by atoms with Gasteiger partial charge in [0.05, 0.1) is 37.9 Å². The average Bonchev–Trinajstić information content (AvgIpc) is 3.26. The summed E-state index contributed by atoms with van der Waals surface area (Å²) in [5.41, 5.74) is 0.806. The van der Waals surface area contributed by atoms with Crippen molar-refractivity contribution in [1.29, 1.82) is 5.26 Å². The maximum absolute atomic E-state index is 13.7. The summed E-state index contributed by atoms with van der Waals surface area (Å²) in [6.07, 6.45) is 2.56. The number of rotatable bonds is 7. The normalized spacial score (nSPS) is 15.5. The lowest BCUT2D eigenvalue weighted by atomic mass is 10.1. The number of hydrogen-bond donors (Lipinski definition) is 1. The molecular weight excluding hydrogens is 560 g/mol. The van der Waals surface area contributed by atoms with Gasteiger partial charge in [-0.2, -0.15) is 10.4 Å². The molecule has 0 atom stereocenters. The number of carbonyl (C=O) groups excluding carboxylic acids is 1. The summed E-state index contributed by atoms with van der Waals surface area (Å²) in [7, 11) is -2.77. The highest BCUT2D eigenvalue weighted by Crippen LogP contribution is 2.39. The van der Waals surface area contributed by atoms with Crippen molar-refractivity contribution in [1.82, 2.24) is 23.6 Å². The Kier molecular flexibility index (Phi) is 6.13. The van der Waals surface area contributed by atoms with Crippen LogP contribution in [-0.2, 0) is 52.8 Å². The molecule has 1 fully saturated rings. The summed E-state index contributed by atoms with van der Waals surface area (Å²) in [5, 5.41) is 13.2. The van der Waals surface area contributed by atoms with Gasteiger partial charge in [-0.15, -0.1) is 11.3 Å².